The molecule has 1 aromatic heterocycles. The van der Waals surface area contributed by atoms with Crippen LogP contribution in [0.3, 0.4) is 0 Å². The van der Waals surface area contributed by atoms with Crippen molar-refractivity contribution in [1.82, 2.24) is 4.98 Å². The van der Waals surface area contributed by atoms with Gasteiger partial charge < -0.3 is 10.0 Å². The van der Waals surface area contributed by atoms with Crippen molar-refractivity contribution in [2.75, 3.05) is 35.4 Å². The molecule has 0 saturated carbocycles. The molecule has 1 aliphatic heterocycles. The van der Waals surface area contributed by atoms with E-state index >= 15 is 0 Å². The first-order valence-electron chi connectivity index (χ1n) is 8.96. The smallest absolute Gasteiger partial charge is 0.265 e. The van der Waals surface area contributed by atoms with Crippen LogP contribution in [0, 0.1) is 5.92 Å². The molecule has 0 radical (unpaired) electrons. The Balaban J connectivity index is 1.83. The first-order chi connectivity index (χ1) is 12.6. The molecule has 0 amide bonds. The molecule has 140 valence electrons. The number of aliphatic hydroxyl groups excluding tert-OH is 1. The quantitative estimate of drug-likeness (QED) is 0.840. The van der Waals surface area contributed by atoms with E-state index in [-0.39, 0.29) is 17.4 Å². The lowest BCUT2D eigenvalue weighted by molar-refractivity contribution is 0.208. The molecule has 26 heavy (non-hydrogen) atoms. The van der Waals surface area contributed by atoms with Crippen LogP contribution in [0.1, 0.15) is 19.8 Å². The molecule has 6 nitrogen and oxygen atoms in total. The van der Waals surface area contributed by atoms with Crippen molar-refractivity contribution >= 4 is 21.5 Å². The molecule has 1 atom stereocenters. The molecule has 0 unspecified atom stereocenters. The molecule has 0 aliphatic carbocycles. The number of sulfonamides is 1. The van der Waals surface area contributed by atoms with Gasteiger partial charge in [0.15, 0.2) is 0 Å². The molecule has 2 aromatic rings. The third-order valence-electron chi connectivity index (χ3n) is 4.74. The van der Waals surface area contributed by atoms with Gasteiger partial charge in [0.1, 0.15) is 10.7 Å². The second-order valence-corrected chi connectivity index (χ2v) is 8.36. The fourth-order valence-corrected chi connectivity index (χ4v) is 4.77. The number of pyridine rings is 1. The van der Waals surface area contributed by atoms with Gasteiger partial charge in [0.25, 0.3) is 10.0 Å². The van der Waals surface area contributed by atoms with Gasteiger partial charge >= 0.3 is 0 Å². The number of hydrogen-bond acceptors (Lipinski definition) is 5. The Labute approximate surface area is 155 Å². The lowest BCUT2D eigenvalue weighted by atomic mass is 9.99. The van der Waals surface area contributed by atoms with E-state index in [9.17, 15) is 13.5 Å². The van der Waals surface area contributed by atoms with Crippen molar-refractivity contribution < 1.29 is 13.5 Å². The maximum absolute atomic E-state index is 13.0. The predicted octanol–water partition coefficient (Wildman–Crippen LogP) is 2.51. The van der Waals surface area contributed by atoms with Gasteiger partial charge in [-0.15, -0.1) is 0 Å². The Morgan fingerprint density at radius 2 is 2.00 bits per heavy atom. The van der Waals surface area contributed by atoms with Crippen LogP contribution in [0.25, 0.3) is 0 Å². The normalized spacial score (nSPS) is 17.9. The summed E-state index contributed by atoms with van der Waals surface area (Å²) in [4.78, 5) is 6.68. The number of aliphatic hydroxyl groups is 1. The zero-order valence-corrected chi connectivity index (χ0v) is 15.8. The number of rotatable bonds is 6. The van der Waals surface area contributed by atoms with Crippen LogP contribution in [0.15, 0.2) is 53.6 Å². The Morgan fingerprint density at radius 3 is 2.62 bits per heavy atom. The number of aromatic nitrogens is 1. The average molecular weight is 375 g/mol. The van der Waals surface area contributed by atoms with E-state index in [4.69, 9.17) is 0 Å². The van der Waals surface area contributed by atoms with Crippen molar-refractivity contribution in [1.29, 1.82) is 0 Å². The van der Waals surface area contributed by atoms with Crippen LogP contribution in [0.5, 0.6) is 0 Å². The van der Waals surface area contributed by atoms with Crippen LogP contribution in [0.2, 0.25) is 0 Å². The summed E-state index contributed by atoms with van der Waals surface area (Å²) < 4.78 is 27.4. The highest BCUT2D eigenvalue weighted by molar-refractivity contribution is 7.92. The van der Waals surface area contributed by atoms with E-state index in [1.165, 1.54) is 10.5 Å². The second kappa shape index (κ2) is 8.05. The minimum Gasteiger partial charge on any atom is -0.396 e. The Kier molecular flexibility index (Phi) is 5.78. The summed E-state index contributed by atoms with van der Waals surface area (Å²) in [6, 6.07) is 12.4. The van der Waals surface area contributed by atoms with E-state index in [0.29, 0.717) is 12.2 Å². The summed E-state index contributed by atoms with van der Waals surface area (Å²) in [6.45, 7) is 3.96. The monoisotopic (exact) mass is 375 g/mol. The Morgan fingerprint density at radius 1 is 1.23 bits per heavy atom. The van der Waals surface area contributed by atoms with Crippen LogP contribution in [0.4, 0.5) is 11.5 Å². The van der Waals surface area contributed by atoms with Crippen LogP contribution in [-0.2, 0) is 10.0 Å². The molecule has 3 rings (SSSR count). The minimum absolute atomic E-state index is 0.172. The number of benzene rings is 1. The third kappa shape index (κ3) is 3.83. The number of para-hydroxylation sites is 1. The van der Waals surface area contributed by atoms with Crippen molar-refractivity contribution in [2.24, 2.45) is 5.92 Å². The lowest BCUT2D eigenvalue weighted by Gasteiger charge is -2.32. The Hall–Kier alpha value is -2.12. The largest absolute Gasteiger partial charge is 0.396 e. The van der Waals surface area contributed by atoms with Gasteiger partial charge in [0.2, 0.25) is 0 Å². The third-order valence-corrected chi connectivity index (χ3v) is 6.63. The fraction of sp³-hybridized carbons (Fsp3) is 0.421. The highest BCUT2D eigenvalue weighted by atomic mass is 32.2. The highest BCUT2D eigenvalue weighted by Gasteiger charge is 2.25. The second-order valence-electron chi connectivity index (χ2n) is 6.49. The zero-order chi connectivity index (χ0) is 18.6. The fourth-order valence-electron chi connectivity index (χ4n) is 3.35. The van der Waals surface area contributed by atoms with Gasteiger partial charge in [-0.3, -0.25) is 4.31 Å². The first kappa shape index (κ1) is 18.7. The average Bonchev–Trinajstić information content (AvgIpc) is 2.69. The molecule has 1 fully saturated rings. The predicted molar refractivity (Wildman–Crippen MR) is 103 cm³/mol. The number of hydrogen-bond donors (Lipinski definition) is 1. The summed E-state index contributed by atoms with van der Waals surface area (Å²) in [5.74, 6) is 1.01. The van der Waals surface area contributed by atoms with Gasteiger partial charge in [-0.25, -0.2) is 13.4 Å². The van der Waals surface area contributed by atoms with Gasteiger partial charge in [0.05, 0.1) is 5.69 Å². The van der Waals surface area contributed by atoms with Gasteiger partial charge in [-0.1, -0.05) is 18.2 Å². The molecular formula is C19H25N3O3S. The number of nitrogens with zero attached hydrogens (tertiary/aromatic N) is 3. The van der Waals surface area contributed by atoms with Gasteiger partial charge in [-0.05, 0) is 49.9 Å². The molecule has 7 heteroatoms. The lowest BCUT2D eigenvalue weighted by Crippen LogP contribution is -2.37. The number of anilines is 2. The summed E-state index contributed by atoms with van der Waals surface area (Å²) in [5.41, 5.74) is 0.640. The Bertz CT molecular complexity index is 810. The summed E-state index contributed by atoms with van der Waals surface area (Å²) in [7, 11) is -3.65. The maximum Gasteiger partial charge on any atom is 0.265 e. The van der Waals surface area contributed by atoms with E-state index in [2.05, 4.69) is 9.88 Å². The molecule has 0 bridgehead atoms. The van der Waals surface area contributed by atoms with Crippen molar-refractivity contribution in [3.8, 4) is 0 Å². The zero-order valence-electron chi connectivity index (χ0n) is 15.0. The van der Waals surface area contributed by atoms with Crippen molar-refractivity contribution in [3.63, 3.8) is 0 Å². The van der Waals surface area contributed by atoms with Crippen molar-refractivity contribution in [3.05, 3.63) is 48.7 Å². The number of piperidine rings is 1. The summed E-state index contributed by atoms with van der Waals surface area (Å²) in [6.07, 6.45) is 3.45. The first-order valence-corrected chi connectivity index (χ1v) is 10.4. The molecule has 0 spiro atoms. The minimum atomic E-state index is -3.65. The SMILES string of the molecule is CCN(c1ccccc1)S(=O)(=O)c1ccc(N2CCC[C@H](CO)C2)nc1. The molecule has 1 saturated heterocycles. The van der Waals surface area contributed by atoms with E-state index < -0.39 is 10.0 Å². The summed E-state index contributed by atoms with van der Waals surface area (Å²) >= 11 is 0. The van der Waals surface area contributed by atoms with Crippen LogP contribution in [-0.4, -0.2) is 44.7 Å². The van der Waals surface area contributed by atoms with Gasteiger partial charge in [-0.2, -0.15) is 0 Å². The topological polar surface area (TPSA) is 73.7 Å². The highest BCUT2D eigenvalue weighted by Crippen LogP contribution is 2.25. The van der Waals surface area contributed by atoms with Gasteiger partial charge in [0, 0.05) is 32.4 Å². The van der Waals surface area contributed by atoms with Crippen LogP contribution < -0.4 is 9.21 Å². The van der Waals surface area contributed by atoms with E-state index in [1.54, 1.807) is 24.3 Å². The standard InChI is InChI=1S/C19H25N3O3S/c1-2-22(17-8-4-3-5-9-17)26(24,25)18-10-11-19(20-13-18)21-12-6-7-16(14-21)15-23/h3-5,8-11,13,16,23H,2,6-7,12,14-15H2,1H3/t16-/m0/s1. The van der Waals surface area contributed by atoms with E-state index in [0.717, 1.165) is 31.7 Å². The maximum atomic E-state index is 13.0. The van der Waals surface area contributed by atoms with E-state index in [1.807, 2.05) is 25.1 Å². The van der Waals surface area contributed by atoms with Crippen molar-refractivity contribution in [2.45, 2.75) is 24.7 Å². The molecule has 1 N–H and O–H groups in total. The molecule has 1 aromatic carbocycles. The van der Waals surface area contributed by atoms with Crippen LogP contribution >= 0.6 is 0 Å². The molecular weight excluding hydrogens is 350 g/mol. The summed E-state index contributed by atoms with van der Waals surface area (Å²) in [5, 5.41) is 9.37. The molecule has 2 heterocycles. The molecule has 1 aliphatic rings.